The van der Waals surface area contributed by atoms with E-state index in [1.807, 2.05) is 13.8 Å². The van der Waals surface area contributed by atoms with E-state index >= 15 is 0 Å². The minimum Gasteiger partial charge on any atom is -0.507 e. The molecule has 1 saturated heterocycles. The van der Waals surface area contributed by atoms with Crippen LogP contribution in [0.2, 0.25) is 0 Å². The van der Waals surface area contributed by atoms with Crippen molar-refractivity contribution in [3.05, 3.63) is 94.6 Å². The van der Waals surface area contributed by atoms with Crippen LogP contribution in [0.1, 0.15) is 81.2 Å². The highest BCUT2D eigenvalue weighted by Crippen LogP contribution is 2.46. The van der Waals surface area contributed by atoms with E-state index in [9.17, 15) is 14.7 Å². The number of nitrogens with zero attached hydrogens (tertiary/aromatic N) is 3. The number of anilines is 1. The van der Waals surface area contributed by atoms with Gasteiger partial charge in [-0.1, -0.05) is 92.1 Å². The molecule has 1 aromatic heterocycles. The molecule has 1 atom stereocenters. The summed E-state index contributed by atoms with van der Waals surface area (Å²) in [5.41, 5.74) is 3.22. The van der Waals surface area contributed by atoms with Crippen LogP contribution in [0.4, 0.5) is 5.13 Å². The summed E-state index contributed by atoms with van der Waals surface area (Å²) in [5, 5.41) is 20.6. The Hall–Kier alpha value is -4.35. The van der Waals surface area contributed by atoms with Crippen molar-refractivity contribution in [2.24, 2.45) is 0 Å². The lowest BCUT2D eigenvalue weighted by Crippen LogP contribution is -2.29. The molecule has 49 heavy (non-hydrogen) atoms. The molecule has 1 aliphatic heterocycles. The van der Waals surface area contributed by atoms with E-state index < -0.39 is 17.7 Å². The van der Waals surface area contributed by atoms with Crippen LogP contribution in [-0.2, 0) is 15.3 Å². The second-order valence-corrected chi connectivity index (χ2v) is 13.9. The Kier molecular flexibility index (Phi) is 12.7. The van der Waals surface area contributed by atoms with Gasteiger partial charge in [-0.05, 0) is 74.2 Å². The number of Topliss-reactive ketones (excluding diaryl/α,β-unsaturated/α-hetero) is 1. The summed E-state index contributed by atoms with van der Waals surface area (Å²) in [5.74, 6) is 0.491. The third-order valence-electron chi connectivity index (χ3n) is 8.01. The second kappa shape index (κ2) is 17.3. The van der Waals surface area contributed by atoms with Gasteiger partial charge in [0.05, 0.1) is 31.4 Å². The smallest absolute Gasteiger partial charge is 0.301 e. The van der Waals surface area contributed by atoms with Gasteiger partial charge in [-0.15, -0.1) is 10.2 Å². The van der Waals surface area contributed by atoms with Gasteiger partial charge in [0.2, 0.25) is 5.13 Å². The van der Waals surface area contributed by atoms with Crippen LogP contribution in [-0.4, -0.2) is 46.8 Å². The first-order valence-electron chi connectivity index (χ1n) is 16.8. The number of ether oxygens (including phenoxy) is 3. The van der Waals surface area contributed by atoms with Crippen LogP contribution >= 0.6 is 23.1 Å². The number of amides is 1. The molecule has 258 valence electrons. The summed E-state index contributed by atoms with van der Waals surface area (Å²) in [6.45, 7) is 9.66. The number of carbonyl (C=O) groups excluding carboxylic acids is 2. The maximum atomic E-state index is 13.8. The standard InChI is InChI=1S/C38H43N3O6S2/c1-5-8-10-22-47-30-20-17-28(23-31(30)45-7-3)33-32(34(42)27-15-18-29(19-16-27)46-21-9-6-2)35(43)36(44)41(33)37-39-40-38(49-37)48-24-26-13-11-25(4)12-14-26/h11-20,23,33,42H,5-10,21-22,24H2,1-4H3/t33-/m0/s1. The fourth-order valence-electron chi connectivity index (χ4n) is 5.35. The van der Waals surface area contributed by atoms with Gasteiger partial charge in [0, 0.05) is 11.3 Å². The fraction of sp³-hybridized carbons (Fsp3) is 0.368. The number of aliphatic hydroxyl groups excluding tert-OH is 1. The number of rotatable bonds is 17. The minimum atomic E-state index is -0.989. The Bertz CT molecular complexity index is 1750. The largest absolute Gasteiger partial charge is 0.507 e. The molecule has 0 saturated carbocycles. The summed E-state index contributed by atoms with van der Waals surface area (Å²) in [6.07, 6.45) is 4.97. The van der Waals surface area contributed by atoms with Crippen molar-refractivity contribution in [2.45, 2.75) is 75.9 Å². The second-order valence-electron chi connectivity index (χ2n) is 11.7. The number of aliphatic hydroxyl groups is 1. The predicted octanol–water partition coefficient (Wildman–Crippen LogP) is 8.91. The number of ketones is 1. The zero-order chi connectivity index (χ0) is 34.8. The Morgan fingerprint density at radius 3 is 2.31 bits per heavy atom. The maximum absolute atomic E-state index is 13.8. The Morgan fingerprint density at radius 2 is 1.59 bits per heavy atom. The zero-order valence-corrected chi connectivity index (χ0v) is 30.1. The number of aryl methyl sites for hydroxylation is 1. The van der Waals surface area contributed by atoms with Gasteiger partial charge in [-0.2, -0.15) is 0 Å². The number of carbonyl (C=O) groups is 2. The normalized spacial score (nSPS) is 15.5. The lowest BCUT2D eigenvalue weighted by atomic mass is 9.95. The van der Waals surface area contributed by atoms with Gasteiger partial charge in [0.25, 0.3) is 5.78 Å². The van der Waals surface area contributed by atoms with Crippen molar-refractivity contribution in [1.29, 1.82) is 0 Å². The molecular formula is C38H43N3O6S2. The highest BCUT2D eigenvalue weighted by Gasteiger charge is 2.48. The molecular weight excluding hydrogens is 659 g/mol. The number of benzene rings is 3. The molecule has 2 heterocycles. The Balaban J connectivity index is 1.52. The van der Waals surface area contributed by atoms with Gasteiger partial charge in [0.15, 0.2) is 15.8 Å². The minimum absolute atomic E-state index is 0.0484. The Labute approximate surface area is 296 Å². The van der Waals surface area contributed by atoms with Gasteiger partial charge in [-0.25, -0.2) is 0 Å². The topological polar surface area (TPSA) is 111 Å². The van der Waals surface area contributed by atoms with Gasteiger partial charge < -0.3 is 19.3 Å². The van der Waals surface area contributed by atoms with Crippen molar-refractivity contribution in [3.63, 3.8) is 0 Å². The van der Waals surface area contributed by atoms with E-state index in [2.05, 4.69) is 48.3 Å². The predicted molar refractivity (Wildman–Crippen MR) is 195 cm³/mol. The average Bonchev–Trinajstić information content (AvgIpc) is 3.68. The summed E-state index contributed by atoms with van der Waals surface area (Å²) < 4.78 is 18.5. The van der Waals surface area contributed by atoms with E-state index in [4.69, 9.17) is 14.2 Å². The average molecular weight is 702 g/mol. The molecule has 1 N–H and O–H groups in total. The Morgan fingerprint density at radius 1 is 0.857 bits per heavy atom. The van der Waals surface area contributed by atoms with Crippen LogP contribution in [0, 0.1) is 6.92 Å². The van der Waals surface area contributed by atoms with E-state index in [1.54, 1.807) is 42.5 Å². The molecule has 3 aromatic carbocycles. The lowest BCUT2D eigenvalue weighted by molar-refractivity contribution is -0.132. The van der Waals surface area contributed by atoms with E-state index in [-0.39, 0.29) is 16.5 Å². The summed E-state index contributed by atoms with van der Waals surface area (Å²) in [7, 11) is 0. The van der Waals surface area contributed by atoms with E-state index in [1.165, 1.54) is 33.6 Å². The molecule has 1 amide bonds. The number of aromatic nitrogens is 2. The lowest BCUT2D eigenvalue weighted by Gasteiger charge is -2.23. The highest BCUT2D eigenvalue weighted by molar-refractivity contribution is 8.00. The summed E-state index contributed by atoms with van der Waals surface area (Å²) in [6, 6.07) is 19.5. The van der Waals surface area contributed by atoms with E-state index in [0.29, 0.717) is 58.3 Å². The van der Waals surface area contributed by atoms with Crippen LogP contribution in [0.25, 0.3) is 5.76 Å². The third kappa shape index (κ3) is 8.82. The van der Waals surface area contributed by atoms with Crippen molar-refractivity contribution in [2.75, 3.05) is 24.7 Å². The molecule has 0 unspecified atom stereocenters. The highest BCUT2D eigenvalue weighted by atomic mass is 32.2. The molecule has 11 heteroatoms. The number of hydrogen-bond donors (Lipinski definition) is 1. The molecule has 0 bridgehead atoms. The molecule has 4 aromatic rings. The monoisotopic (exact) mass is 701 g/mol. The number of thioether (sulfide) groups is 1. The molecule has 5 rings (SSSR count). The zero-order valence-electron chi connectivity index (χ0n) is 28.4. The van der Waals surface area contributed by atoms with Crippen molar-refractivity contribution in [1.82, 2.24) is 10.2 Å². The quantitative estimate of drug-likeness (QED) is 0.0288. The summed E-state index contributed by atoms with van der Waals surface area (Å²) in [4.78, 5) is 29.0. The van der Waals surface area contributed by atoms with Crippen molar-refractivity contribution in [3.8, 4) is 17.2 Å². The van der Waals surface area contributed by atoms with Crippen LogP contribution in [0.15, 0.2) is 76.6 Å². The first-order chi connectivity index (χ1) is 23.8. The van der Waals surface area contributed by atoms with Crippen LogP contribution in [0.3, 0.4) is 0 Å². The molecule has 1 fully saturated rings. The van der Waals surface area contributed by atoms with Crippen molar-refractivity contribution < 1.29 is 28.9 Å². The number of hydrogen-bond acceptors (Lipinski definition) is 10. The van der Waals surface area contributed by atoms with Crippen molar-refractivity contribution >= 4 is 45.7 Å². The molecule has 0 radical (unpaired) electrons. The molecule has 1 aliphatic rings. The maximum Gasteiger partial charge on any atom is 0.301 e. The number of unbranched alkanes of at least 4 members (excludes halogenated alkanes) is 3. The SMILES string of the molecule is CCCCCOc1ccc([C@H]2C(=C(O)c3ccc(OCCCC)cc3)C(=O)C(=O)N2c2nnc(SCc3ccc(C)cc3)s2)cc1OCC. The molecule has 9 nitrogen and oxygen atoms in total. The third-order valence-corrected chi connectivity index (χ3v) is 10.1. The first-order valence-corrected chi connectivity index (χ1v) is 18.6. The van der Waals surface area contributed by atoms with E-state index in [0.717, 1.165) is 37.7 Å². The molecule has 0 spiro atoms. The summed E-state index contributed by atoms with van der Waals surface area (Å²) >= 11 is 2.73. The van der Waals surface area contributed by atoms with Crippen LogP contribution in [0.5, 0.6) is 17.2 Å². The van der Waals surface area contributed by atoms with Crippen LogP contribution < -0.4 is 19.1 Å². The van der Waals surface area contributed by atoms with Gasteiger partial charge in [0.1, 0.15) is 11.5 Å². The van der Waals surface area contributed by atoms with Gasteiger partial charge >= 0.3 is 5.91 Å². The first kappa shape index (κ1) is 35.9. The van der Waals surface area contributed by atoms with Gasteiger partial charge in [-0.3, -0.25) is 14.5 Å². The fourth-order valence-corrected chi connectivity index (χ4v) is 7.17. The molecule has 0 aliphatic carbocycles.